The zero-order valence-corrected chi connectivity index (χ0v) is 12.7. The second-order valence-corrected chi connectivity index (χ2v) is 5.36. The van der Waals surface area contributed by atoms with Crippen LogP contribution >= 0.6 is 15.9 Å². The Morgan fingerprint density at radius 2 is 1.81 bits per heavy atom. The van der Waals surface area contributed by atoms with Gasteiger partial charge < -0.3 is 5.32 Å². The predicted molar refractivity (Wildman–Crippen MR) is 82.2 cm³/mol. The molecule has 1 N–H and O–H groups in total. The van der Waals surface area contributed by atoms with Crippen molar-refractivity contribution in [1.29, 1.82) is 0 Å². The summed E-state index contributed by atoms with van der Waals surface area (Å²) in [6, 6.07) is 10.1. The number of allylic oxidation sites excluding steroid dienone is 2. The number of nitrogens with one attached hydrogen (secondary N) is 1. The number of ketones is 1. The monoisotopic (exact) mass is 351 g/mol. The van der Waals surface area contributed by atoms with Gasteiger partial charge in [0, 0.05) is 27.9 Å². The standard InChI is InChI=1S/C16H12BrF2NO/c1-10(20-15-7-6-13(18)9-14(15)19)8-16(21)11-2-4-12(17)5-3-11/h2-9,20H,1H3. The third-order valence-electron chi connectivity index (χ3n) is 2.74. The van der Waals surface area contributed by atoms with Crippen molar-refractivity contribution in [2.45, 2.75) is 6.92 Å². The molecule has 0 saturated carbocycles. The smallest absolute Gasteiger partial charge is 0.187 e. The summed E-state index contributed by atoms with van der Waals surface area (Å²) in [5, 5.41) is 2.74. The van der Waals surface area contributed by atoms with E-state index in [1.54, 1.807) is 31.2 Å². The minimum Gasteiger partial charge on any atom is -0.357 e. The highest BCUT2D eigenvalue weighted by molar-refractivity contribution is 9.10. The molecule has 0 fully saturated rings. The molecule has 0 bridgehead atoms. The van der Waals surface area contributed by atoms with Crippen molar-refractivity contribution < 1.29 is 13.6 Å². The first-order valence-electron chi connectivity index (χ1n) is 6.16. The molecular weight excluding hydrogens is 340 g/mol. The summed E-state index contributed by atoms with van der Waals surface area (Å²) < 4.78 is 27.2. The van der Waals surface area contributed by atoms with Crippen LogP contribution in [0.5, 0.6) is 0 Å². The first-order chi connectivity index (χ1) is 9.95. The van der Waals surface area contributed by atoms with Gasteiger partial charge in [-0.05, 0) is 43.3 Å². The van der Waals surface area contributed by atoms with Crippen LogP contribution in [0.15, 0.2) is 58.7 Å². The molecule has 0 heterocycles. The van der Waals surface area contributed by atoms with Crippen molar-refractivity contribution in [2.24, 2.45) is 0 Å². The molecule has 0 spiro atoms. The van der Waals surface area contributed by atoms with Crippen LogP contribution in [0.3, 0.4) is 0 Å². The number of hydrogen-bond acceptors (Lipinski definition) is 2. The predicted octanol–water partition coefficient (Wildman–Crippen LogP) is 4.93. The Hall–Kier alpha value is -2.01. The van der Waals surface area contributed by atoms with Gasteiger partial charge >= 0.3 is 0 Å². The Kier molecular flexibility index (Phi) is 4.85. The number of anilines is 1. The first-order valence-corrected chi connectivity index (χ1v) is 6.95. The van der Waals surface area contributed by atoms with Crippen LogP contribution in [-0.4, -0.2) is 5.78 Å². The van der Waals surface area contributed by atoms with Gasteiger partial charge in [0.05, 0.1) is 5.69 Å². The Balaban J connectivity index is 2.13. The SMILES string of the molecule is CC(=CC(=O)c1ccc(Br)cc1)Nc1ccc(F)cc1F. The Morgan fingerprint density at radius 1 is 1.14 bits per heavy atom. The average Bonchev–Trinajstić information content (AvgIpc) is 2.42. The molecule has 0 aliphatic heterocycles. The van der Waals surface area contributed by atoms with E-state index in [0.29, 0.717) is 11.3 Å². The topological polar surface area (TPSA) is 29.1 Å². The Labute approximate surface area is 129 Å². The summed E-state index contributed by atoms with van der Waals surface area (Å²) in [6.07, 6.45) is 1.37. The van der Waals surface area contributed by atoms with Gasteiger partial charge in [-0.3, -0.25) is 4.79 Å². The van der Waals surface area contributed by atoms with E-state index in [9.17, 15) is 13.6 Å². The number of carbonyl (C=O) groups is 1. The zero-order valence-electron chi connectivity index (χ0n) is 11.2. The molecule has 0 radical (unpaired) electrons. The summed E-state index contributed by atoms with van der Waals surface area (Å²) in [6.45, 7) is 1.64. The largest absolute Gasteiger partial charge is 0.357 e. The minimum absolute atomic E-state index is 0.119. The Bertz CT molecular complexity index is 696. The quantitative estimate of drug-likeness (QED) is 0.625. The summed E-state index contributed by atoms with van der Waals surface area (Å²) in [5.74, 6) is -1.56. The first kappa shape index (κ1) is 15.4. The molecule has 21 heavy (non-hydrogen) atoms. The second-order valence-electron chi connectivity index (χ2n) is 4.45. The lowest BCUT2D eigenvalue weighted by Crippen LogP contribution is -2.03. The third-order valence-corrected chi connectivity index (χ3v) is 3.27. The van der Waals surface area contributed by atoms with Gasteiger partial charge in [0.2, 0.25) is 0 Å². The maximum Gasteiger partial charge on any atom is 0.187 e. The van der Waals surface area contributed by atoms with Gasteiger partial charge in [0.25, 0.3) is 0 Å². The normalized spacial score (nSPS) is 11.3. The average molecular weight is 352 g/mol. The van der Waals surface area contributed by atoms with Crippen molar-refractivity contribution in [3.63, 3.8) is 0 Å². The van der Waals surface area contributed by atoms with E-state index in [2.05, 4.69) is 21.2 Å². The highest BCUT2D eigenvalue weighted by Crippen LogP contribution is 2.17. The molecule has 0 unspecified atom stereocenters. The van der Waals surface area contributed by atoms with Crippen LogP contribution in [0.1, 0.15) is 17.3 Å². The minimum atomic E-state index is -0.709. The van der Waals surface area contributed by atoms with E-state index in [0.717, 1.165) is 16.6 Å². The summed E-state index contributed by atoms with van der Waals surface area (Å²) in [5.41, 5.74) is 1.11. The van der Waals surface area contributed by atoms with Crippen LogP contribution in [-0.2, 0) is 0 Å². The molecule has 2 rings (SSSR count). The molecule has 2 nitrogen and oxygen atoms in total. The maximum absolute atomic E-state index is 13.5. The van der Waals surface area contributed by atoms with Crippen LogP contribution in [0.2, 0.25) is 0 Å². The highest BCUT2D eigenvalue weighted by Gasteiger charge is 2.06. The van der Waals surface area contributed by atoms with Crippen molar-refractivity contribution in [1.82, 2.24) is 0 Å². The van der Waals surface area contributed by atoms with Crippen LogP contribution in [0.4, 0.5) is 14.5 Å². The van der Waals surface area contributed by atoms with E-state index < -0.39 is 11.6 Å². The van der Waals surface area contributed by atoms with Gasteiger partial charge in [-0.15, -0.1) is 0 Å². The summed E-state index contributed by atoms with van der Waals surface area (Å²) in [4.78, 5) is 12.0. The molecule has 0 aliphatic carbocycles. The lowest BCUT2D eigenvalue weighted by Gasteiger charge is -2.07. The lowest BCUT2D eigenvalue weighted by molar-refractivity contribution is 0.104. The Morgan fingerprint density at radius 3 is 2.43 bits per heavy atom. The van der Waals surface area contributed by atoms with E-state index in [-0.39, 0.29) is 11.5 Å². The summed E-state index contributed by atoms with van der Waals surface area (Å²) >= 11 is 3.29. The zero-order chi connectivity index (χ0) is 15.4. The fraction of sp³-hybridized carbons (Fsp3) is 0.0625. The highest BCUT2D eigenvalue weighted by atomic mass is 79.9. The van der Waals surface area contributed by atoms with Crippen molar-refractivity contribution >= 4 is 27.4 Å². The van der Waals surface area contributed by atoms with Crippen molar-refractivity contribution in [3.8, 4) is 0 Å². The van der Waals surface area contributed by atoms with Gasteiger partial charge in [-0.25, -0.2) is 8.78 Å². The van der Waals surface area contributed by atoms with Gasteiger partial charge in [0.1, 0.15) is 11.6 Å². The number of rotatable bonds is 4. The van der Waals surface area contributed by atoms with E-state index >= 15 is 0 Å². The summed E-state index contributed by atoms with van der Waals surface area (Å²) in [7, 11) is 0. The molecule has 0 atom stereocenters. The van der Waals surface area contributed by atoms with Crippen molar-refractivity contribution in [2.75, 3.05) is 5.32 Å². The van der Waals surface area contributed by atoms with Crippen LogP contribution in [0.25, 0.3) is 0 Å². The van der Waals surface area contributed by atoms with Crippen molar-refractivity contribution in [3.05, 3.63) is 75.9 Å². The molecule has 0 aliphatic rings. The second kappa shape index (κ2) is 6.63. The third kappa shape index (κ3) is 4.23. The van der Waals surface area contributed by atoms with Gasteiger partial charge in [-0.2, -0.15) is 0 Å². The fourth-order valence-electron chi connectivity index (χ4n) is 1.73. The number of hydrogen-bond donors (Lipinski definition) is 1. The molecule has 5 heteroatoms. The lowest BCUT2D eigenvalue weighted by atomic mass is 10.1. The number of benzene rings is 2. The van der Waals surface area contributed by atoms with E-state index in [4.69, 9.17) is 0 Å². The number of halogens is 3. The maximum atomic E-state index is 13.5. The molecule has 0 amide bonds. The van der Waals surface area contributed by atoms with Gasteiger partial charge in [0.15, 0.2) is 5.78 Å². The van der Waals surface area contributed by atoms with Gasteiger partial charge in [-0.1, -0.05) is 15.9 Å². The molecular formula is C16H12BrF2NO. The molecule has 2 aromatic carbocycles. The van der Waals surface area contributed by atoms with E-state index in [1.807, 2.05) is 0 Å². The molecule has 2 aromatic rings. The molecule has 0 saturated heterocycles. The van der Waals surface area contributed by atoms with Crippen LogP contribution in [0, 0.1) is 11.6 Å². The van der Waals surface area contributed by atoms with E-state index in [1.165, 1.54) is 12.1 Å². The molecule has 0 aromatic heterocycles. The molecule has 108 valence electrons. The number of carbonyl (C=O) groups excluding carboxylic acids is 1. The fourth-order valence-corrected chi connectivity index (χ4v) is 2.00. The van der Waals surface area contributed by atoms with Crippen LogP contribution < -0.4 is 5.32 Å².